The van der Waals surface area contributed by atoms with Crippen molar-refractivity contribution in [3.8, 4) is 11.5 Å². The van der Waals surface area contributed by atoms with Crippen LogP contribution >= 0.6 is 0 Å². The lowest BCUT2D eigenvalue weighted by Crippen LogP contribution is -2.35. The Morgan fingerprint density at radius 2 is 1.84 bits per heavy atom. The van der Waals surface area contributed by atoms with Gasteiger partial charge in [-0.3, -0.25) is 0 Å². The Morgan fingerprint density at radius 3 is 2.37 bits per heavy atom. The van der Waals surface area contributed by atoms with E-state index in [9.17, 15) is 5.11 Å². The normalized spacial score (nSPS) is 20.6. The first-order chi connectivity index (χ1) is 9.19. The summed E-state index contributed by atoms with van der Waals surface area (Å²) < 4.78 is 5.18. The lowest BCUT2D eigenvalue weighted by Gasteiger charge is -2.24. The van der Waals surface area contributed by atoms with Crippen LogP contribution in [-0.4, -0.2) is 18.3 Å². The quantitative estimate of drug-likeness (QED) is 0.826. The minimum Gasteiger partial charge on any atom is -0.504 e. The Bertz CT molecular complexity index is 440. The molecular formula is C16H23NO2. The molecule has 2 fully saturated rings. The van der Waals surface area contributed by atoms with E-state index in [2.05, 4.69) is 12.2 Å². The maximum Gasteiger partial charge on any atom is 0.160 e. The highest BCUT2D eigenvalue weighted by Gasteiger charge is 2.41. The van der Waals surface area contributed by atoms with Gasteiger partial charge in [-0.05, 0) is 62.1 Å². The van der Waals surface area contributed by atoms with Gasteiger partial charge in [0.25, 0.3) is 0 Å². The van der Waals surface area contributed by atoms with Gasteiger partial charge in [-0.1, -0.05) is 6.07 Å². The third-order valence-corrected chi connectivity index (χ3v) is 4.41. The summed E-state index contributed by atoms with van der Waals surface area (Å²) in [6, 6.07) is 6.63. The third-order valence-electron chi connectivity index (χ3n) is 4.41. The number of nitrogens with one attached hydrogen (secondary N) is 1. The maximum atomic E-state index is 9.65. The van der Waals surface area contributed by atoms with E-state index in [-0.39, 0.29) is 5.75 Å². The van der Waals surface area contributed by atoms with Gasteiger partial charge in [-0.2, -0.15) is 0 Å². The number of ether oxygens (including phenoxy) is 1. The van der Waals surface area contributed by atoms with Crippen molar-refractivity contribution < 1.29 is 9.84 Å². The van der Waals surface area contributed by atoms with Crippen molar-refractivity contribution in [1.82, 2.24) is 5.32 Å². The second-order valence-corrected chi connectivity index (χ2v) is 6.02. The average molecular weight is 261 g/mol. The number of rotatable bonds is 6. The molecule has 0 spiro atoms. The van der Waals surface area contributed by atoms with Gasteiger partial charge < -0.3 is 15.2 Å². The fraction of sp³-hybridized carbons (Fsp3) is 0.625. The van der Waals surface area contributed by atoms with Crippen LogP contribution in [-0.2, 0) is 0 Å². The van der Waals surface area contributed by atoms with E-state index in [1.165, 1.54) is 31.2 Å². The lowest BCUT2D eigenvalue weighted by molar-refractivity contribution is 0.365. The highest BCUT2D eigenvalue weighted by molar-refractivity contribution is 5.42. The second kappa shape index (κ2) is 5.04. The molecule has 3 heteroatoms. The van der Waals surface area contributed by atoms with Crippen molar-refractivity contribution in [1.29, 1.82) is 0 Å². The van der Waals surface area contributed by atoms with Crippen LogP contribution in [0.2, 0.25) is 0 Å². The molecule has 0 bridgehead atoms. The molecule has 2 N–H and O–H groups in total. The van der Waals surface area contributed by atoms with E-state index < -0.39 is 0 Å². The van der Waals surface area contributed by atoms with Crippen molar-refractivity contribution in [3.05, 3.63) is 23.8 Å². The van der Waals surface area contributed by atoms with Crippen molar-refractivity contribution in [2.75, 3.05) is 7.11 Å². The predicted octanol–water partition coefficient (Wildman–Crippen LogP) is 3.24. The van der Waals surface area contributed by atoms with Gasteiger partial charge in [0.05, 0.1) is 7.11 Å². The first kappa shape index (κ1) is 12.8. The van der Waals surface area contributed by atoms with Crippen LogP contribution in [0.25, 0.3) is 0 Å². The third kappa shape index (κ3) is 2.86. The van der Waals surface area contributed by atoms with Gasteiger partial charge in [0.15, 0.2) is 11.5 Å². The van der Waals surface area contributed by atoms with E-state index in [1.54, 1.807) is 13.2 Å². The summed E-state index contributed by atoms with van der Waals surface area (Å²) in [7, 11) is 1.59. The Morgan fingerprint density at radius 1 is 1.21 bits per heavy atom. The number of methoxy groups -OCH3 is 1. The van der Waals surface area contributed by atoms with E-state index >= 15 is 0 Å². The fourth-order valence-corrected chi connectivity index (χ4v) is 2.92. The molecule has 2 aliphatic carbocycles. The zero-order chi connectivity index (χ0) is 13.4. The van der Waals surface area contributed by atoms with Crippen LogP contribution in [0.1, 0.15) is 44.2 Å². The molecule has 1 unspecified atom stereocenters. The molecule has 1 atom stereocenters. The first-order valence-electron chi connectivity index (χ1n) is 7.32. The van der Waals surface area contributed by atoms with Gasteiger partial charge in [-0.15, -0.1) is 0 Å². The topological polar surface area (TPSA) is 41.5 Å². The summed E-state index contributed by atoms with van der Waals surface area (Å²) in [6.07, 6.45) is 5.55. The number of hydrogen-bond donors (Lipinski definition) is 2. The first-order valence-corrected chi connectivity index (χ1v) is 7.32. The highest BCUT2D eigenvalue weighted by Crippen LogP contribution is 2.45. The molecule has 0 aromatic heterocycles. The summed E-state index contributed by atoms with van der Waals surface area (Å²) >= 11 is 0. The van der Waals surface area contributed by atoms with Gasteiger partial charge in [0.2, 0.25) is 0 Å². The summed E-state index contributed by atoms with van der Waals surface area (Å²) in [5.41, 5.74) is 1.18. The van der Waals surface area contributed by atoms with Crippen LogP contribution in [0, 0.1) is 11.8 Å². The molecule has 0 saturated heterocycles. The Labute approximate surface area is 115 Å². The van der Waals surface area contributed by atoms with Gasteiger partial charge in [-0.25, -0.2) is 0 Å². The summed E-state index contributed by atoms with van der Waals surface area (Å²) in [6.45, 7) is 2.20. The summed E-state index contributed by atoms with van der Waals surface area (Å²) in [5, 5.41) is 13.4. The largest absolute Gasteiger partial charge is 0.504 e. The van der Waals surface area contributed by atoms with Crippen molar-refractivity contribution in [2.45, 2.75) is 44.7 Å². The number of phenolic OH excluding ortho intramolecular Hbond substituents is 1. The van der Waals surface area contributed by atoms with Gasteiger partial charge in [0.1, 0.15) is 0 Å². The van der Waals surface area contributed by atoms with Crippen LogP contribution in [0.5, 0.6) is 11.5 Å². The van der Waals surface area contributed by atoms with Crippen LogP contribution in [0.15, 0.2) is 18.2 Å². The summed E-state index contributed by atoms with van der Waals surface area (Å²) in [4.78, 5) is 0. The highest BCUT2D eigenvalue weighted by atomic mass is 16.5. The molecule has 3 rings (SSSR count). The van der Waals surface area contributed by atoms with E-state index in [1.807, 2.05) is 12.1 Å². The Hall–Kier alpha value is -1.22. The zero-order valence-electron chi connectivity index (χ0n) is 11.7. The monoisotopic (exact) mass is 261 g/mol. The zero-order valence-corrected chi connectivity index (χ0v) is 11.7. The lowest BCUT2D eigenvalue weighted by atomic mass is 10.0. The average Bonchev–Trinajstić information content (AvgIpc) is 3.29. The van der Waals surface area contributed by atoms with E-state index in [0.717, 1.165) is 11.8 Å². The van der Waals surface area contributed by atoms with Crippen LogP contribution in [0.4, 0.5) is 0 Å². The molecule has 2 saturated carbocycles. The molecule has 0 radical (unpaired) electrons. The molecule has 19 heavy (non-hydrogen) atoms. The molecule has 3 nitrogen and oxygen atoms in total. The molecule has 1 aromatic rings. The molecular weight excluding hydrogens is 238 g/mol. The fourth-order valence-electron chi connectivity index (χ4n) is 2.92. The SMILES string of the molecule is COc1cc(C(C)NC(C2CC2)C2CC2)ccc1O. The standard InChI is InChI=1S/C16H23NO2/c1-10(13-7-8-14(18)15(9-13)19-2)17-16(11-3-4-11)12-5-6-12/h7-12,16-18H,3-6H2,1-2H3. The summed E-state index contributed by atoms with van der Waals surface area (Å²) in [5.74, 6) is 2.56. The molecule has 0 aliphatic heterocycles. The number of aromatic hydroxyl groups is 1. The van der Waals surface area contributed by atoms with Gasteiger partial charge >= 0.3 is 0 Å². The minimum absolute atomic E-state index is 0.208. The molecule has 104 valence electrons. The molecule has 1 aromatic carbocycles. The minimum atomic E-state index is 0.208. The predicted molar refractivity (Wildman–Crippen MR) is 75.4 cm³/mol. The molecule has 2 aliphatic rings. The van der Waals surface area contributed by atoms with Crippen LogP contribution in [0.3, 0.4) is 0 Å². The van der Waals surface area contributed by atoms with Crippen molar-refractivity contribution >= 4 is 0 Å². The molecule has 0 amide bonds. The van der Waals surface area contributed by atoms with Crippen molar-refractivity contribution in [3.63, 3.8) is 0 Å². The van der Waals surface area contributed by atoms with Crippen molar-refractivity contribution in [2.24, 2.45) is 11.8 Å². The Balaban J connectivity index is 1.70. The number of phenols is 1. The van der Waals surface area contributed by atoms with E-state index in [0.29, 0.717) is 17.8 Å². The van der Waals surface area contributed by atoms with Crippen LogP contribution < -0.4 is 10.1 Å². The second-order valence-electron chi connectivity index (χ2n) is 6.02. The van der Waals surface area contributed by atoms with Gasteiger partial charge in [0, 0.05) is 12.1 Å². The Kier molecular flexibility index (Phi) is 3.40. The maximum absolute atomic E-state index is 9.65. The van der Waals surface area contributed by atoms with E-state index in [4.69, 9.17) is 4.74 Å². The number of benzene rings is 1. The smallest absolute Gasteiger partial charge is 0.160 e. The number of hydrogen-bond acceptors (Lipinski definition) is 3. The molecule has 0 heterocycles.